The lowest BCUT2D eigenvalue weighted by Crippen LogP contribution is -2.07. The molecule has 5 heteroatoms. The van der Waals surface area contributed by atoms with Gasteiger partial charge in [0.1, 0.15) is 12.4 Å². The monoisotopic (exact) mass is 367 g/mol. The highest BCUT2D eigenvalue weighted by Crippen LogP contribution is 2.25. The topological polar surface area (TPSA) is 39.9 Å². The summed E-state index contributed by atoms with van der Waals surface area (Å²) >= 11 is 1.72. The van der Waals surface area contributed by atoms with Crippen LogP contribution < -0.4 is 4.74 Å². The van der Waals surface area contributed by atoms with Gasteiger partial charge in [-0.25, -0.2) is 0 Å². The van der Waals surface area contributed by atoms with Crippen molar-refractivity contribution in [2.75, 3.05) is 0 Å². The molecule has 0 spiro atoms. The maximum Gasteiger partial charge on any atom is 0.191 e. The summed E-state index contributed by atoms with van der Waals surface area (Å²) in [5.41, 5.74) is 5.01. The second-order valence-corrected chi connectivity index (χ2v) is 7.36. The van der Waals surface area contributed by atoms with Crippen molar-refractivity contribution >= 4 is 11.8 Å². The fourth-order valence-electron chi connectivity index (χ4n) is 2.87. The van der Waals surface area contributed by atoms with Crippen molar-refractivity contribution in [1.82, 2.24) is 14.8 Å². The van der Waals surface area contributed by atoms with Gasteiger partial charge in [0.15, 0.2) is 11.0 Å². The van der Waals surface area contributed by atoms with Crippen LogP contribution in [0.5, 0.6) is 5.75 Å². The molecule has 0 bridgehead atoms. The number of rotatable bonds is 7. The average molecular weight is 368 g/mol. The molecule has 136 valence electrons. The highest BCUT2D eigenvalue weighted by atomic mass is 32.2. The van der Waals surface area contributed by atoms with Gasteiger partial charge in [0.25, 0.3) is 0 Å². The van der Waals surface area contributed by atoms with Crippen LogP contribution in [0.1, 0.15) is 35.0 Å². The van der Waals surface area contributed by atoms with Crippen molar-refractivity contribution in [1.29, 1.82) is 0 Å². The van der Waals surface area contributed by atoms with Gasteiger partial charge < -0.3 is 9.30 Å². The molecule has 0 N–H and O–H groups in total. The molecular formula is C21H25N3OS. The Morgan fingerprint density at radius 2 is 1.81 bits per heavy atom. The van der Waals surface area contributed by atoms with E-state index < -0.39 is 0 Å². The first-order valence-corrected chi connectivity index (χ1v) is 9.86. The number of thioether (sulfide) groups is 1. The molecule has 3 rings (SSSR count). The molecule has 0 aliphatic heterocycles. The van der Waals surface area contributed by atoms with E-state index in [9.17, 15) is 0 Å². The van der Waals surface area contributed by atoms with Crippen molar-refractivity contribution in [2.24, 2.45) is 0 Å². The van der Waals surface area contributed by atoms with Gasteiger partial charge in [0.2, 0.25) is 0 Å². The van der Waals surface area contributed by atoms with Crippen molar-refractivity contribution in [3.63, 3.8) is 0 Å². The molecule has 0 fully saturated rings. The summed E-state index contributed by atoms with van der Waals surface area (Å²) in [6, 6.07) is 14.7. The van der Waals surface area contributed by atoms with E-state index in [1.807, 2.05) is 6.07 Å². The number of hydrogen-bond acceptors (Lipinski definition) is 4. The molecule has 0 saturated carbocycles. The van der Waals surface area contributed by atoms with Crippen LogP contribution in [0.4, 0.5) is 0 Å². The smallest absolute Gasteiger partial charge is 0.191 e. The van der Waals surface area contributed by atoms with Crippen molar-refractivity contribution in [3.8, 4) is 5.75 Å². The number of nitrogens with zero attached hydrogens (tertiary/aromatic N) is 3. The summed E-state index contributed by atoms with van der Waals surface area (Å²) in [6.07, 6.45) is 0. The summed E-state index contributed by atoms with van der Waals surface area (Å²) in [4.78, 5) is 0. The van der Waals surface area contributed by atoms with Crippen LogP contribution >= 0.6 is 11.8 Å². The largest absolute Gasteiger partial charge is 0.485 e. The van der Waals surface area contributed by atoms with Gasteiger partial charge in [-0.1, -0.05) is 53.7 Å². The van der Waals surface area contributed by atoms with Crippen LogP contribution in [0.3, 0.4) is 0 Å². The van der Waals surface area contributed by atoms with Crippen LogP contribution in [-0.2, 0) is 18.9 Å². The van der Waals surface area contributed by atoms with Gasteiger partial charge in [0.05, 0.1) is 0 Å². The van der Waals surface area contributed by atoms with Crippen molar-refractivity contribution < 1.29 is 4.74 Å². The molecule has 0 atom stereocenters. The summed E-state index contributed by atoms with van der Waals surface area (Å²) < 4.78 is 8.11. The molecule has 26 heavy (non-hydrogen) atoms. The predicted octanol–water partition coefficient (Wildman–Crippen LogP) is 5.09. The minimum atomic E-state index is 0.426. The van der Waals surface area contributed by atoms with Crippen molar-refractivity contribution in [2.45, 2.75) is 51.8 Å². The molecule has 4 nitrogen and oxygen atoms in total. The van der Waals surface area contributed by atoms with E-state index in [1.165, 1.54) is 16.7 Å². The molecule has 2 aromatic carbocycles. The summed E-state index contributed by atoms with van der Waals surface area (Å²) in [5, 5.41) is 9.67. The highest BCUT2D eigenvalue weighted by Gasteiger charge is 2.13. The van der Waals surface area contributed by atoms with Crippen molar-refractivity contribution in [3.05, 3.63) is 70.5 Å². The van der Waals surface area contributed by atoms with Gasteiger partial charge in [-0.15, -0.1) is 10.2 Å². The SMILES string of the molecule is CCn1c(COc2ccc(C)cc2C)nnc1SCc1ccccc1C. The molecule has 0 radical (unpaired) electrons. The van der Waals surface area contributed by atoms with E-state index in [4.69, 9.17) is 4.74 Å². The third-order valence-corrected chi connectivity index (χ3v) is 5.43. The van der Waals surface area contributed by atoms with Crippen LogP contribution in [0.2, 0.25) is 0 Å². The van der Waals surface area contributed by atoms with E-state index >= 15 is 0 Å². The number of aromatic nitrogens is 3. The Kier molecular flexibility index (Phi) is 5.99. The summed E-state index contributed by atoms with van der Waals surface area (Å²) in [7, 11) is 0. The lowest BCUT2D eigenvalue weighted by Gasteiger charge is -2.11. The van der Waals surface area contributed by atoms with E-state index in [0.717, 1.165) is 34.6 Å². The number of ether oxygens (including phenoxy) is 1. The van der Waals surface area contributed by atoms with E-state index in [1.54, 1.807) is 11.8 Å². The van der Waals surface area contributed by atoms with Gasteiger partial charge in [-0.3, -0.25) is 0 Å². The number of benzene rings is 2. The molecule has 0 aliphatic rings. The molecule has 0 unspecified atom stereocenters. The zero-order chi connectivity index (χ0) is 18.5. The maximum atomic E-state index is 5.98. The van der Waals surface area contributed by atoms with Crippen LogP contribution in [0, 0.1) is 20.8 Å². The quantitative estimate of drug-likeness (QED) is 0.545. The first-order chi connectivity index (χ1) is 12.6. The maximum absolute atomic E-state index is 5.98. The molecule has 0 aliphatic carbocycles. The molecule has 3 aromatic rings. The summed E-state index contributed by atoms with van der Waals surface area (Å²) in [6.45, 7) is 9.66. The zero-order valence-electron chi connectivity index (χ0n) is 15.8. The lowest BCUT2D eigenvalue weighted by atomic mass is 10.1. The molecule has 0 saturated heterocycles. The Labute approximate surface area is 159 Å². The van der Waals surface area contributed by atoms with E-state index in [-0.39, 0.29) is 0 Å². The van der Waals surface area contributed by atoms with Gasteiger partial charge in [0, 0.05) is 12.3 Å². The minimum absolute atomic E-state index is 0.426. The van der Waals surface area contributed by atoms with Gasteiger partial charge >= 0.3 is 0 Å². The minimum Gasteiger partial charge on any atom is -0.485 e. The molecule has 1 aromatic heterocycles. The normalized spacial score (nSPS) is 10.9. The predicted molar refractivity (Wildman–Crippen MR) is 107 cm³/mol. The standard InChI is InChI=1S/C21H25N3OS/c1-5-24-20(13-25-19-11-10-15(2)12-17(19)4)22-23-21(24)26-14-18-9-7-6-8-16(18)3/h6-12H,5,13-14H2,1-4H3. The van der Waals surface area contributed by atoms with Crippen LogP contribution in [0.25, 0.3) is 0 Å². The lowest BCUT2D eigenvalue weighted by molar-refractivity contribution is 0.286. The first kappa shape index (κ1) is 18.5. The van der Waals surface area contributed by atoms with Gasteiger partial charge in [-0.05, 0) is 50.5 Å². The van der Waals surface area contributed by atoms with E-state index in [0.29, 0.717) is 6.61 Å². The average Bonchev–Trinajstić information content (AvgIpc) is 3.02. The second kappa shape index (κ2) is 8.41. The number of hydrogen-bond donors (Lipinski definition) is 0. The third-order valence-electron chi connectivity index (χ3n) is 4.41. The Balaban J connectivity index is 1.68. The Bertz CT molecular complexity index is 889. The Morgan fingerprint density at radius 3 is 2.54 bits per heavy atom. The van der Waals surface area contributed by atoms with Crippen LogP contribution in [0.15, 0.2) is 47.6 Å². The highest BCUT2D eigenvalue weighted by molar-refractivity contribution is 7.98. The van der Waals surface area contributed by atoms with Gasteiger partial charge in [-0.2, -0.15) is 0 Å². The fraction of sp³-hybridized carbons (Fsp3) is 0.333. The molecule has 1 heterocycles. The number of aryl methyl sites for hydroxylation is 3. The Hall–Kier alpha value is -2.27. The fourth-order valence-corrected chi connectivity index (χ4v) is 3.97. The second-order valence-electron chi connectivity index (χ2n) is 6.42. The Morgan fingerprint density at radius 1 is 1.00 bits per heavy atom. The molecular weight excluding hydrogens is 342 g/mol. The first-order valence-electron chi connectivity index (χ1n) is 8.88. The van der Waals surface area contributed by atoms with Crippen LogP contribution in [-0.4, -0.2) is 14.8 Å². The zero-order valence-corrected chi connectivity index (χ0v) is 16.6. The third kappa shape index (κ3) is 4.28. The molecule has 0 amide bonds. The van der Waals surface area contributed by atoms with E-state index in [2.05, 4.69) is 78.9 Å². The summed E-state index contributed by atoms with van der Waals surface area (Å²) in [5.74, 6) is 2.65.